The monoisotopic (exact) mass is 178 g/mol. The van der Waals surface area contributed by atoms with Crippen LogP contribution in [0.4, 0.5) is 0 Å². The van der Waals surface area contributed by atoms with Crippen LogP contribution < -0.4 is 0 Å². The molecule has 0 aliphatic carbocycles. The third-order valence-corrected chi connectivity index (χ3v) is 1.54. The van der Waals surface area contributed by atoms with Crippen molar-refractivity contribution in [2.75, 3.05) is 0 Å². The van der Waals surface area contributed by atoms with E-state index in [2.05, 4.69) is 9.97 Å². The Bertz CT molecular complexity index is 365. The summed E-state index contributed by atoms with van der Waals surface area (Å²) in [6, 6.07) is 0. The molecule has 0 saturated heterocycles. The van der Waals surface area contributed by atoms with Gasteiger partial charge in [-0.1, -0.05) is 11.6 Å². The molecule has 1 aromatic heterocycles. The Hall–Kier alpha value is -0.810. The van der Waals surface area contributed by atoms with Crippen LogP contribution in [0, 0.1) is 4.77 Å². The van der Waals surface area contributed by atoms with Gasteiger partial charge in [0.2, 0.25) is 0 Å². The number of aromatic amines is 1. The molecule has 0 unspecified atom stereocenters. The van der Waals surface area contributed by atoms with Gasteiger partial charge in [0.1, 0.15) is 0 Å². The van der Waals surface area contributed by atoms with E-state index < -0.39 is 10.3 Å². The molecule has 0 aliphatic heterocycles. The van der Waals surface area contributed by atoms with Crippen LogP contribution in [0.25, 0.3) is 0 Å². The normalized spacial score (nSPS) is 9.30. The van der Waals surface area contributed by atoms with E-state index in [0.29, 0.717) is 5.02 Å². The Balaban J connectivity index is 3.55. The Morgan fingerprint density at radius 2 is 2.30 bits per heavy atom. The van der Waals surface area contributed by atoms with E-state index in [4.69, 9.17) is 11.6 Å². The summed E-state index contributed by atoms with van der Waals surface area (Å²) in [6.07, 6.45) is 2.60. The van der Waals surface area contributed by atoms with Crippen LogP contribution in [0.1, 0.15) is 0 Å². The van der Waals surface area contributed by atoms with Crippen molar-refractivity contribution in [3.8, 4) is 0 Å². The van der Waals surface area contributed by atoms with Crippen LogP contribution in [0.2, 0.25) is 5.02 Å². The van der Waals surface area contributed by atoms with Crippen molar-refractivity contribution >= 4 is 21.9 Å². The molecule has 0 radical (unpaired) electrons. The summed E-state index contributed by atoms with van der Waals surface area (Å²) in [5.41, 5.74) is 0. The van der Waals surface area contributed by atoms with Crippen molar-refractivity contribution < 1.29 is 8.42 Å². The van der Waals surface area contributed by atoms with Crippen LogP contribution in [0.15, 0.2) is 12.4 Å². The molecule has 0 saturated carbocycles. The molecular formula is C4H3ClN2O2S. The van der Waals surface area contributed by atoms with Crippen molar-refractivity contribution in [3.63, 3.8) is 0 Å². The highest BCUT2D eigenvalue weighted by molar-refractivity contribution is 7.63. The SMILES string of the molecule is O=S(=O)=c1ncc(Cl)c[nH]1. The maximum atomic E-state index is 10.2. The van der Waals surface area contributed by atoms with Crippen LogP contribution in [0.5, 0.6) is 0 Å². The van der Waals surface area contributed by atoms with E-state index in [9.17, 15) is 8.42 Å². The minimum absolute atomic E-state index is 0.121. The first-order valence-corrected chi connectivity index (χ1v) is 3.78. The highest BCUT2D eigenvalue weighted by atomic mass is 35.5. The number of H-pyrrole nitrogens is 1. The molecule has 0 atom stereocenters. The second-order valence-corrected chi connectivity index (χ2v) is 2.76. The van der Waals surface area contributed by atoms with Gasteiger partial charge in [-0.3, -0.25) is 0 Å². The predicted octanol–water partition coefficient (Wildman–Crippen LogP) is 0.474. The average molecular weight is 179 g/mol. The minimum Gasteiger partial charge on any atom is -0.332 e. The standard InChI is InChI=1S/C4H3ClN2O2S/c5-3-1-6-4(7-2-3)10(8)9/h1-2,6H. The summed E-state index contributed by atoms with van der Waals surface area (Å²) in [4.78, 5) is 5.86. The van der Waals surface area contributed by atoms with Crippen molar-refractivity contribution in [2.45, 2.75) is 0 Å². The van der Waals surface area contributed by atoms with E-state index in [-0.39, 0.29) is 4.77 Å². The zero-order chi connectivity index (χ0) is 7.56. The Kier molecular flexibility index (Phi) is 2.08. The highest BCUT2D eigenvalue weighted by Crippen LogP contribution is 1.99. The van der Waals surface area contributed by atoms with E-state index in [1.165, 1.54) is 12.4 Å². The average Bonchev–Trinajstić information content (AvgIpc) is 1.88. The molecule has 1 heterocycles. The molecule has 0 aliphatic rings. The van der Waals surface area contributed by atoms with Crippen LogP contribution in [-0.4, -0.2) is 18.4 Å². The highest BCUT2D eigenvalue weighted by Gasteiger charge is 1.84. The first kappa shape index (κ1) is 7.30. The molecule has 0 aromatic carbocycles. The molecular weight excluding hydrogens is 176 g/mol. The lowest BCUT2D eigenvalue weighted by molar-refractivity contribution is 0.623. The summed E-state index contributed by atoms with van der Waals surface area (Å²) in [5, 5.41) is 0.370. The van der Waals surface area contributed by atoms with Crippen LogP contribution >= 0.6 is 11.6 Å². The Morgan fingerprint density at radius 3 is 2.70 bits per heavy atom. The summed E-state index contributed by atoms with van der Waals surface area (Å²) < 4.78 is 20.2. The van der Waals surface area contributed by atoms with Crippen LogP contribution in [-0.2, 0) is 10.3 Å². The molecule has 0 spiro atoms. The molecule has 1 rings (SSSR count). The predicted molar refractivity (Wildman–Crippen MR) is 35.8 cm³/mol. The molecule has 1 N–H and O–H groups in total. The fourth-order valence-electron chi connectivity index (χ4n) is 0.417. The van der Waals surface area contributed by atoms with Gasteiger partial charge in [-0.05, 0) is 0 Å². The zero-order valence-corrected chi connectivity index (χ0v) is 6.28. The topological polar surface area (TPSA) is 62.8 Å². The van der Waals surface area contributed by atoms with Gasteiger partial charge in [-0.2, -0.15) is 8.42 Å². The summed E-state index contributed by atoms with van der Waals surface area (Å²) in [7, 11) is -2.31. The van der Waals surface area contributed by atoms with Gasteiger partial charge in [0.05, 0.1) is 11.2 Å². The third kappa shape index (κ3) is 1.58. The molecule has 0 fully saturated rings. The van der Waals surface area contributed by atoms with Gasteiger partial charge < -0.3 is 4.98 Å². The lowest BCUT2D eigenvalue weighted by Crippen LogP contribution is -1.81. The van der Waals surface area contributed by atoms with E-state index in [1.807, 2.05) is 0 Å². The van der Waals surface area contributed by atoms with Crippen molar-refractivity contribution in [1.82, 2.24) is 9.97 Å². The smallest absolute Gasteiger partial charge is 0.258 e. The Morgan fingerprint density at radius 1 is 1.60 bits per heavy atom. The number of aromatic nitrogens is 2. The number of nitrogens with one attached hydrogen (secondary N) is 1. The number of halogens is 1. The minimum atomic E-state index is -2.31. The zero-order valence-electron chi connectivity index (χ0n) is 4.70. The van der Waals surface area contributed by atoms with Gasteiger partial charge in [0.15, 0.2) is 0 Å². The quantitative estimate of drug-likeness (QED) is 0.588. The summed E-state index contributed by atoms with van der Waals surface area (Å²) in [6.45, 7) is 0. The summed E-state index contributed by atoms with van der Waals surface area (Å²) >= 11 is 5.42. The number of hydrogen-bond donors (Lipinski definition) is 1. The third-order valence-electron chi connectivity index (χ3n) is 0.797. The number of nitrogens with zero attached hydrogens (tertiary/aromatic N) is 1. The first-order chi connectivity index (χ1) is 4.70. The second-order valence-electron chi connectivity index (χ2n) is 1.47. The van der Waals surface area contributed by atoms with Gasteiger partial charge in [-0.25, -0.2) is 4.98 Å². The van der Waals surface area contributed by atoms with Crippen molar-refractivity contribution in [1.29, 1.82) is 0 Å². The first-order valence-electron chi connectivity index (χ1n) is 2.32. The Labute approximate surface area is 63.0 Å². The maximum absolute atomic E-state index is 10.2. The number of hydrogen-bond acceptors (Lipinski definition) is 3. The molecule has 10 heavy (non-hydrogen) atoms. The molecule has 0 bridgehead atoms. The molecule has 54 valence electrons. The molecule has 4 nitrogen and oxygen atoms in total. The van der Waals surface area contributed by atoms with Gasteiger partial charge in [-0.15, -0.1) is 0 Å². The van der Waals surface area contributed by atoms with Gasteiger partial charge in [0.25, 0.3) is 15.1 Å². The summed E-state index contributed by atoms with van der Waals surface area (Å²) in [5.74, 6) is 0. The van der Waals surface area contributed by atoms with Crippen LogP contribution in [0.3, 0.4) is 0 Å². The van der Waals surface area contributed by atoms with E-state index >= 15 is 0 Å². The molecule has 6 heteroatoms. The lowest BCUT2D eigenvalue weighted by atomic mass is 10.7. The largest absolute Gasteiger partial charge is 0.332 e. The lowest BCUT2D eigenvalue weighted by Gasteiger charge is -1.82. The van der Waals surface area contributed by atoms with Crippen molar-refractivity contribution in [3.05, 3.63) is 22.2 Å². The maximum Gasteiger partial charge on any atom is 0.258 e. The van der Waals surface area contributed by atoms with E-state index in [1.54, 1.807) is 0 Å². The molecule has 1 aromatic rings. The fraction of sp³-hybridized carbons (Fsp3) is 0. The van der Waals surface area contributed by atoms with E-state index in [0.717, 1.165) is 0 Å². The fourth-order valence-corrected chi connectivity index (χ4v) is 0.814. The number of rotatable bonds is 0. The van der Waals surface area contributed by atoms with Crippen molar-refractivity contribution in [2.24, 2.45) is 0 Å². The van der Waals surface area contributed by atoms with Gasteiger partial charge >= 0.3 is 0 Å². The second kappa shape index (κ2) is 2.85. The van der Waals surface area contributed by atoms with Gasteiger partial charge in [0, 0.05) is 6.20 Å². The molecule has 0 amide bonds.